The molecular weight excluding hydrogens is 130 g/mol. The van der Waals surface area contributed by atoms with Gasteiger partial charge in [0.25, 0.3) is 0 Å². The summed E-state index contributed by atoms with van der Waals surface area (Å²) < 4.78 is 6.78. The third-order valence-electron chi connectivity index (χ3n) is 0.537. The first-order valence-corrected chi connectivity index (χ1v) is 2.45. The van der Waals surface area contributed by atoms with Gasteiger partial charge < -0.3 is 10.1 Å². The number of nitrogens with zero attached hydrogens (tertiary/aromatic N) is 3. The SMILES string of the molecule is O=[N+]([O-])c1cnsn1. The highest BCUT2D eigenvalue weighted by atomic mass is 32.1. The van der Waals surface area contributed by atoms with E-state index in [1.54, 1.807) is 0 Å². The van der Waals surface area contributed by atoms with Gasteiger partial charge in [0.15, 0.2) is 0 Å². The first kappa shape index (κ1) is 5.10. The zero-order chi connectivity index (χ0) is 5.98. The Morgan fingerprint density at radius 2 is 2.62 bits per heavy atom. The van der Waals surface area contributed by atoms with E-state index in [1.165, 1.54) is 0 Å². The fourth-order valence-electron chi connectivity index (χ4n) is 0.240. The van der Waals surface area contributed by atoms with Crippen molar-refractivity contribution < 1.29 is 4.92 Å². The van der Waals surface area contributed by atoms with Gasteiger partial charge in [0.05, 0.1) is 4.37 Å². The molecule has 1 aromatic rings. The molecule has 8 heavy (non-hydrogen) atoms. The summed E-state index contributed by atoms with van der Waals surface area (Å²) in [5.41, 5.74) is 0. The van der Waals surface area contributed by atoms with E-state index >= 15 is 0 Å². The van der Waals surface area contributed by atoms with Crippen LogP contribution in [-0.4, -0.2) is 13.7 Å². The maximum absolute atomic E-state index is 9.77. The molecule has 0 radical (unpaired) electrons. The van der Waals surface area contributed by atoms with Crippen LogP contribution in [0.3, 0.4) is 0 Å². The van der Waals surface area contributed by atoms with E-state index in [0.29, 0.717) is 0 Å². The second-order valence-corrected chi connectivity index (χ2v) is 1.58. The molecule has 6 heteroatoms. The molecule has 0 saturated carbocycles. The average Bonchev–Trinajstić information content (AvgIpc) is 2.12. The molecule has 0 aromatic carbocycles. The van der Waals surface area contributed by atoms with Crippen LogP contribution in [0.5, 0.6) is 0 Å². The Hall–Kier alpha value is -1.04. The minimum absolute atomic E-state index is 0.185. The van der Waals surface area contributed by atoms with Crippen molar-refractivity contribution in [2.75, 3.05) is 0 Å². The minimum Gasteiger partial charge on any atom is -0.358 e. The average molecular weight is 131 g/mol. The second-order valence-electron chi connectivity index (χ2n) is 1.02. The van der Waals surface area contributed by atoms with Gasteiger partial charge in [-0.25, -0.2) is 0 Å². The van der Waals surface area contributed by atoms with Crippen LogP contribution in [0.15, 0.2) is 6.20 Å². The lowest BCUT2D eigenvalue weighted by Gasteiger charge is -1.79. The third kappa shape index (κ3) is 0.784. The molecule has 0 fully saturated rings. The molecule has 0 amide bonds. The van der Waals surface area contributed by atoms with Crippen molar-refractivity contribution in [1.29, 1.82) is 0 Å². The summed E-state index contributed by atoms with van der Waals surface area (Å²) in [6.45, 7) is 0. The molecule has 1 heterocycles. The van der Waals surface area contributed by atoms with Crippen molar-refractivity contribution in [1.82, 2.24) is 8.75 Å². The summed E-state index contributed by atoms with van der Waals surface area (Å²) in [6, 6.07) is 0. The number of nitro groups is 1. The summed E-state index contributed by atoms with van der Waals surface area (Å²) in [7, 11) is 0. The van der Waals surface area contributed by atoms with E-state index in [2.05, 4.69) is 8.75 Å². The Kier molecular flexibility index (Phi) is 1.17. The number of rotatable bonds is 1. The predicted octanol–water partition coefficient (Wildman–Crippen LogP) is 0.446. The van der Waals surface area contributed by atoms with Gasteiger partial charge in [-0.2, -0.15) is 4.37 Å². The van der Waals surface area contributed by atoms with Crippen molar-refractivity contribution in [3.8, 4) is 0 Å². The van der Waals surface area contributed by atoms with Crippen LogP contribution in [-0.2, 0) is 0 Å². The van der Waals surface area contributed by atoms with Crippen LogP contribution in [0.1, 0.15) is 0 Å². The molecule has 0 aliphatic rings. The highest BCUT2D eigenvalue weighted by molar-refractivity contribution is 6.99. The van der Waals surface area contributed by atoms with E-state index in [0.717, 1.165) is 17.9 Å². The quantitative estimate of drug-likeness (QED) is 0.409. The van der Waals surface area contributed by atoms with Crippen molar-refractivity contribution in [2.24, 2.45) is 0 Å². The zero-order valence-corrected chi connectivity index (χ0v) is 4.46. The molecule has 0 saturated heterocycles. The largest absolute Gasteiger partial charge is 0.398 e. The van der Waals surface area contributed by atoms with Gasteiger partial charge >= 0.3 is 5.82 Å². The second kappa shape index (κ2) is 1.83. The van der Waals surface area contributed by atoms with Crippen LogP contribution >= 0.6 is 11.7 Å². The van der Waals surface area contributed by atoms with E-state index in [1.807, 2.05) is 0 Å². The Bertz CT molecular complexity index is 183. The maximum atomic E-state index is 9.77. The van der Waals surface area contributed by atoms with Gasteiger partial charge in [0.1, 0.15) is 6.20 Å². The van der Waals surface area contributed by atoms with Crippen molar-refractivity contribution in [2.45, 2.75) is 0 Å². The van der Waals surface area contributed by atoms with Crippen molar-refractivity contribution >= 4 is 17.5 Å². The lowest BCUT2D eigenvalue weighted by atomic mass is 10.8. The summed E-state index contributed by atoms with van der Waals surface area (Å²) in [4.78, 5) is 9.19. The van der Waals surface area contributed by atoms with Crippen LogP contribution in [0, 0.1) is 10.1 Å². The summed E-state index contributed by atoms with van der Waals surface area (Å²) >= 11 is 0.826. The normalized spacial score (nSPS) is 9.00. The van der Waals surface area contributed by atoms with Gasteiger partial charge in [-0.05, 0) is 4.92 Å². The minimum atomic E-state index is -0.580. The van der Waals surface area contributed by atoms with Crippen molar-refractivity contribution in [3.05, 3.63) is 16.3 Å². The van der Waals surface area contributed by atoms with Crippen LogP contribution in [0.2, 0.25) is 0 Å². The summed E-state index contributed by atoms with van der Waals surface area (Å²) in [5, 5.41) is 9.77. The highest BCUT2D eigenvalue weighted by Gasteiger charge is 2.05. The molecular formula is C2HN3O2S. The van der Waals surface area contributed by atoms with Crippen LogP contribution < -0.4 is 0 Å². The Balaban J connectivity index is 2.93. The molecule has 1 aromatic heterocycles. The number of aromatic nitrogens is 2. The van der Waals surface area contributed by atoms with Crippen LogP contribution in [0.4, 0.5) is 5.82 Å². The fourth-order valence-corrected chi connectivity index (χ4v) is 0.626. The topological polar surface area (TPSA) is 68.9 Å². The Morgan fingerprint density at radius 3 is 2.88 bits per heavy atom. The Morgan fingerprint density at radius 1 is 1.88 bits per heavy atom. The molecule has 0 N–H and O–H groups in total. The Labute approximate surface area is 48.4 Å². The van der Waals surface area contributed by atoms with E-state index < -0.39 is 4.92 Å². The molecule has 42 valence electrons. The smallest absolute Gasteiger partial charge is 0.358 e. The molecule has 0 bridgehead atoms. The molecule has 1 rings (SSSR count). The van der Waals surface area contributed by atoms with Gasteiger partial charge in [-0.1, -0.05) is 0 Å². The first-order valence-electron chi connectivity index (χ1n) is 1.72. The highest BCUT2D eigenvalue weighted by Crippen LogP contribution is 2.03. The predicted molar refractivity (Wildman–Crippen MR) is 26.6 cm³/mol. The van der Waals surface area contributed by atoms with Gasteiger partial charge in [0, 0.05) is 0 Å². The zero-order valence-electron chi connectivity index (χ0n) is 3.64. The maximum Gasteiger partial charge on any atom is 0.398 e. The summed E-state index contributed by atoms with van der Waals surface area (Å²) in [5.74, 6) is -0.185. The number of hydrogen-bond donors (Lipinski definition) is 0. The van der Waals surface area contributed by atoms with E-state index in [4.69, 9.17) is 0 Å². The lowest BCUT2D eigenvalue weighted by Crippen LogP contribution is -1.84. The first-order chi connectivity index (χ1) is 3.80. The molecule has 0 spiro atoms. The van der Waals surface area contributed by atoms with E-state index in [-0.39, 0.29) is 5.82 Å². The van der Waals surface area contributed by atoms with Crippen molar-refractivity contribution in [3.63, 3.8) is 0 Å². The molecule has 0 aliphatic carbocycles. The molecule has 0 aliphatic heterocycles. The fraction of sp³-hybridized carbons (Fsp3) is 0. The molecule has 5 nitrogen and oxygen atoms in total. The molecule has 0 unspecified atom stereocenters. The van der Waals surface area contributed by atoms with Gasteiger partial charge in [-0.15, -0.1) is 0 Å². The standard InChI is InChI=1S/C2HN3O2S/c6-5(7)2-1-3-8-4-2/h1H. The number of hydrogen-bond acceptors (Lipinski definition) is 5. The third-order valence-corrected chi connectivity index (χ3v) is 1.01. The molecule has 0 atom stereocenters. The monoisotopic (exact) mass is 131 g/mol. The summed E-state index contributed by atoms with van der Waals surface area (Å²) in [6.07, 6.45) is 1.12. The van der Waals surface area contributed by atoms with Gasteiger partial charge in [0.2, 0.25) is 11.7 Å². The van der Waals surface area contributed by atoms with Gasteiger partial charge in [-0.3, -0.25) is 0 Å². The lowest BCUT2D eigenvalue weighted by molar-refractivity contribution is -0.388. The van der Waals surface area contributed by atoms with E-state index in [9.17, 15) is 10.1 Å². The van der Waals surface area contributed by atoms with Crippen LogP contribution in [0.25, 0.3) is 0 Å².